The number of carbonyl (C=O) groups excluding carboxylic acids is 2. The van der Waals surface area contributed by atoms with E-state index in [2.05, 4.69) is 10.2 Å². The summed E-state index contributed by atoms with van der Waals surface area (Å²) in [5, 5.41) is 2.56. The highest BCUT2D eigenvalue weighted by Gasteiger charge is 2.22. The average Bonchev–Trinajstić information content (AvgIpc) is 2.76. The van der Waals surface area contributed by atoms with Gasteiger partial charge in [0.2, 0.25) is 0 Å². The molecule has 0 aromatic heterocycles. The van der Waals surface area contributed by atoms with E-state index in [1.54, 1.807) is 12.1 Å². The number of hydrogen-bond acceptors (Lipinski definition) is 7. The van der Waals surface area contributed by atoms with Crippen molar-refractivity contribution in [1.82, 2.24) is 5.32 Å². The van der Waals surface area contributed by atoms with Gasteiger partial charge in [-0.05, 0) is 23.3 Å². The Labute approximate surface area is 169 Å². The van der Waals surface area contributed by atoms with Gasteiger partial charge in [0, 0.05) is 12.8 Å². The Morgan fingerprint density at radius 2 is 1.72 bits per heavy atom. The zero-order valence-corrected chi connectivity index (χ0v) is 16.3. The van der Waals surface area contributed by atoms with Crippen LogP contribution in [-0.4, -0.2) is 38.4 Å². The van der Waals surface area contributed by atoms with Crippen molar-refractivity contribution in [2.45, 2.75) is 25.5 Å². The van der Waals surface area contributed by atoms with Crippen LogP contribution in [0.1, 0.15) is 17.5 Å². The van der Waals surface area contributed by atoms with Gasteiger partial charge in [0.25, 0.3) is 0 Å². The van der Waals surface area contributed by atoms with Gasteiger partial charge in [-0.25, -0.2) is 15.5 Å². The number of nitrogens with two attached hydrogens (primary N) is 1. The lowest BCUT2D eigenvalue weighted by Gasteiger charge is -2.17. The van der Waals surface area contributed by atoms with Gasteiger partial charge in [-0.15, -0.1) is 0 Å². The molecule has 8 heteroatoms. The molecule has 0 spiro atoms. The predicted molar refractivity (Wildman–Crippen MR) is 106 cm³/mol. The van der Waals surface area contributed by atoms with Crippen LogP contribution in [0.25, 0.3) is 0 Å². The summed E-state index contributed by atoms with van der Waals surface area (Å²) in [6.45, 7) is 1.02. The third kappa shape index (κ3) is 8.20. The third-order valence-corrected chi connectivity index (χ3v) is 4.03. The molecule has 3 N–H and O–H groups in total. The second kappa shape index (κ2) is 12.4. The SMILES string of the molecule is COC(=O)[C@H](Cc1ccc(OCCCON)cc1)NC(=O)OCc1ccccc1. The number of nitrogens with one attached hydrogen (secondary N) is 1. The van der Waals surface area contributed by atoms with Crippen molar-refractivity contribution in [2.24, 2.45) is 5.90 Å². The molecule has 0 unspecified atom stereocenters. The molecule has 1 atom stereocenters. The number of alkyl carbamates (subject to hydrolysis) is 1. The highest BCUT2D eigenvalue weighted by molar-refractivity contribution is 5.81. The molecule has 0 fully saturated rings. The lowest BCUT2D eigenvalue weighted by molar-refractivity contribution is -0.143. The van der Waals surface area contributed by atoms with Crippen LogP contribution in [0.4, 0.5) is 4.79 Å². The Balaban J connectivity index is 1.87. The molecule has 156 valence electrons. The van der Waals surface area contributed by atoms with E-state index in [-0.39, 0.29) is 13.0 Å². The van der Waals surface area contributed by atoms with Crippen LogP contribution in [0.5, 0.6) is 5.75 Å². The minimum Gasteiger partial charge on any atom is -0.494 e. The van der Waals surface area contributed by atoms with E-state index in [0.717, 1.165) is 11.1 Å². The summed E-state index contributed by atoms with van der Waals surface area (Å²) < 4.78 is 15.5. The Bertz CT molecular complexity index is 752. The standard InChI is InChI=1S/C21H26N2O6/c1-26-20(24)19(23-21(25)28-15-17-6-3-2-4-7-17)14-16-8-10-18(11-9-16)27-12-5-13-29-22/h2-4,6-11,19H,5,12-15,22H2,1H3,(H,23,25)/t19-/m0/s1. The van der Waals surface area contributed by atoms with E-state index < -0.39 is 18.1 Å². The van der Waals surface area contributed by atoms with Crippen molar-refractivity contribution in [3.63, 3.8) is 0 Å². The molecule has 2 rings (SSSR count). The third-order valence-electron chi connectivity index (χ3n) is 4.03. The molecule has 0 aliphatic carbocycles. The lowest BCUT2D eigenvalue weighted by atomic mass is 10.1. The monoisotopic (exact) mass is 402 g/mol. The maximum atomic E-state index is 12.1. The van der Waals surface area contributed by atoms with Crippen molar-refractivity contribution in [2.75, 3.05) is 20.3 Å². The van der Waals surface area contributed by atoms with Crippen molar-refractivity contribution in [3.05, 3.63) is 65.7 Å². The Hall–Kier alpha value is -3.10. The molecular formula is C21H26N2O6. The fourth-order valence-corrected chi connectivity index (χ4v) is 2.53. The van der Waals surface area contributed by atoms with E-state index in [1.165, 1.54) is 7.11 Å². The van der Waals surface area contributed by atoms with E-state index in [9.17, 15) is 9.59 Å². The van der Waals surface area contributed by atoms with Gasteiger partial charge in [0.1, 0.15) is 18.4 Å². The first kappa shape index (κ1) is 22.2. The van der Waals surface area contributed by atoms with Crippen LogP contribution in [0.3, 0.4) is 0 Å². The topological polar surface area (TPSA) is 109 Å². The minimum atomic E-state index is -0.864. The summed E-state index contributed by atoms with van der Waals surface area (Å²) in [4.78, 5) is 28.6. The molecule has 0 saturated heterocycles. The van der Waals surface area contributed by atoms with Gasteiger partial charge in [0.05, 0.1) is 20.3 Å². The van der Waals surface area contributed by atoms with E-state index in [4.69, 9.17) is 20.1 Å². The zero-order chi connectivity index (χ0) is 20.9. The molecule has 2 aromatic carbocycles. The Kier molecular flexibility index (Phi) is 9.47. The average molecular weight is 402 g/mol. The number of esters is 1. The number of amides is 1. The number of methoxy groups -OCH3 is 1. The smallest absolute Gasteiger partial charge is 0.408 e. The summed E-state index contributed by atoms with van der Waals surface area (Å²) >= 11 is 0. The normalized spacial score (nSPS) is 11.4. The van der Waals surface area contributed by atoms with E-state index in [1.807, 2.05) is 42.5 Å². The number of rotatable bonds is 11. The molecule has 0 aliphatic heterocycles. The molecule has 29 heavy (non-hydrogen) atoms. The molecular weight excluding hydrogens is 376 g/mol. The summed E-state index contributed by atoms with van der Waals surface area (Å²) in [7, 11) is 1.27. The maximum Gasteiger partial charge on any atom is 0.408 e. The summed E-state index contributed by atoms with van der Waals surface area (Å²) in [6.07, 6.45) is 0.248. The van der Waals surface area contributed by atoms with Gasteiger partial charge in [-0.1, -0.05) is 42.5 Å². The summed E-state index contributed by atoms with van der Waals surface area (Å²) in [6, 6.07) is 15.6. The van der Waals surface area contributed by atoms with Crippen LogP contribution < -0.4 is 16.0 Å². The fourth-order valence-electron chi connectivity index (χ4n) is 2.53. The first-order valence-electron chi connectivity index (χ1n) is 9.21. The highest BCUT2D eigenvalue weighted by Crippen LogP contribution is 2.14. The van der Waals surface area contributed by atoms with Crippen LogP contribution in [0.15, 0.2) is 54.6 Å². The van der Waals surface area contributed by atoms with Crippen molar-refractivity contribution in [1.29, 1.82) is 0 Å². The molecule has 0 aliphatic rings. The molecule has 0 saturated carbocycles. The largest absolute Gasteiger partial charge is 0.494 e. The second-order valence-electron chi connectivity index (χ2n) is 6.20. The molecule has 0 heterocycles. The van der Waals surface area contributed by atoms with Crippen molar-refractivity contribution >= 4 is 12.1 Å². The van der Waals surface area contributed by atoms with Gasteiger partial charge in [-0.3, -0.25) is 0 Å². The minimum absolute atomic E-state index is 0.113. The summed E-state index contributed by atoms with van der Waals surface area (Å²) in [5.41, 5.74) is 1.69. The number of carbonyl (C=O) groups is 2. The molecule has 0 bridgehead atoms. The number of ether oxygens (including phenoxy) is 3. The quantitative estimate of drug-likeness (QED) is 0.337. The van der Waals surface area contributed by atoms with Crippen molar-refractivity contribution < 1.29 is 28.6 Å². The lowest BCUT2D eigenvalue weighted by Crippen LogP contribution is -2.43. The number of hydrogen-bond donors (Lipinski definition) is 2. The van der Waals surface area contributed by atoms with Crippen LogP contribution in [-0.2, 0) is 32.1 Å². The molecule has 8 nitrogen and oxygen atoms in total. The zero-order valence-electron chi connectivity index (χ0n) is 16.3. The maximum absolute atomic E-state index is 12.1. The second-order valence-corrected chi connectivity index (χ2v) is 6.20. The van der Waals surface area contributed by atoms with Gasteiger partial charge >= 0.3 is 12.1 Å². The molecule has 0 radical (unpaired) electrons. The van der Waals surface area contributed by atoms with Crippen LogP contribution >= 0.6 is 0 Å². The Morgan fingerprint density at radius 1 is 1.00 bits per heavy atom. The van der Waals surface area contributed by atoms with Gasteiger partial charge in [0.15, 0.2) is 0 Å². The first-order valence-corrected chi connectivity index (χ1v) is 9.21. The first-order chi connectivity index (χ1) is 14.1. The van der Waals surface area contributed by atoms with E-state index >= 15 is 0 Å². The molecule has 2 aromatic rings. The van der Waals surface area contributed by atoms with Gasteiger partial charge in [-0.2, -0.15) is 0 Å². The molecule has 1 amide bonds. The fraction of sp³-hybridized carbons (Fsp3) is 0.333. The predicted octanol–water partition coefficient (Wildman–Crippen LogP) is 2.36. The van der Waals surface area contributed by atoms with Gasteiger partial charge < -0.3 is 24.4 Å². The van der Waals surface area contributed by atoms with Crippen LogP contribution in [0.2, 0.25) is 0 Å². The summed E-state index contributed by atoms with van der Waals surface area (Å²) in [5.74, 6) is 5.10. The Morgan fingerprint density at radius 3 is 2.38 bits per heavy atom. The number of benzene rings is 2. The van der Waals surface area contributed by atoms with E-state index in [0.29, 0.717) is 25.4 Å². The van der Waals surface area contributed by atoms with Crippen molar-refractivity contribution in [3.8, 4) is 5.75 Å². The van der Waals surface area contributed by atoms with Crippen LogP contribution in [0, 0.1) is 0 Å². The highest BCUT2D eigenvalue weighted by atomic mass is 16.6.